The molecule has 0 rings (SSSR count). The first kappa shape index (κ1) is 12.2. The molecule has 0 saturated heterocycles. The van der Waals surface area contributed by atoms with Crippen molar-refractivity contribution in [3.05, 3.63) is 0 Å². The van der Waals surface area contributed by atoms with Gasteiger partial charge in [-0.3, -0.25) is 0 Å². The summed E-state index contributed by atoms with van der Waals surface area (Å²) in [7, 11) is 0. The van der Waals surface area contributed by atoms with Crippen LogP contribution in [0.25, 0.3) is 0 Å². The predicted octanol–water partition coefficient (Wildman–Crippen LogP) is 1.89. The molecule has 0 aliphatic rings. The third-order valence-electron chi connectivity index (χ3n) is 1.02. The van der Waals surface area contributed by atoms with E-state index in [1.54, 1.807) is 0 Å². The zero-order chi connectivity index (χ0) is 6.78. The van der Waals surface area contributed by atoms with Gasteiger partial charge in [0.25, 0.3) is 0 Å². The second-order valence-electron chi connectivity index (χ2n) is 4.16. The summed E-state index contributed by atoms with van der Waals surface area (Å²) in [6, 6.07) is 0. The van der Waals surface area contributed by atoms with Crippen molar-refractivity contribution in [3.63, 3.8) is 0 Å². The van der Waals surface area contributed by atoms with Crippen LogP contribution in [0.5, 0.6) is 0 Å². The topological polar surface area (TPSA) is 0 Å². The Morgan fingerprint density at radius 3 is 1.44 bits per heavy atom. The van der Waals surface area contributed by atoms with Gasteiger partial charge in [0.15, 0.2) is 17.4 Å². The van der Waals surface area contributed by atoms with Gasteiger partial charge in [0.05, 0.1) is 0 Å². The van der Waals surface area contributed by atoms with Gasteiger partial charge in [0.1, 0.15) is 0 Å². The Bertz CT molecular complexity index is 59.5. The Morgan fingerprint density at radius 1 is 1.11 bits per heavy atom. The fraction of sp³-hybridized carbons (Fsp3) is 1.00. The van der Waals surface area contributed by atoms with Gasteiger partial charge < -0.3 is 0 Å². The van der Waals surface area contributed by atoms with Gasteiger partial charge in [-0.25, -0.2) is 0 Å². The molecule has 0 amide bonds. The quantitative estimate of drug-likeness (QED) is 0.493. The molecule has 0 aliphatic heterocycles. The Balaban J connectivity index is 0. The summed E-state index contributed by atoms with van der Waals surface area (Å²) in [6.07, 6.45) is 1.33. The van der Waals surface area contributed by atoms with Gasteiger partial charge in [0.2, 0.25) is 0 Å². The predicted molar refractivity (Wildman–Crippen MR) is 48.8 cm³/mol. The van der Waals surface area contributed by atoms with Crippen LogP contribution in [0.3, 0.4) is 0 Å². The minimum Gasteiger partial charge on any atom is -0.0628 e. The van der Waals surface area contributed by atoms with Crippen molar-refractivity contribution in [1.82, 2.24) is 0 Å². The summed E-state index contributed by atoms with van der Waals surface area (Å²) < 4.78 is 0. The van der Waals surface area contributed by atoms with Crippen LogP contribution in [0.4, 0.5) is 0 Å². The lowest BCUT2D eigenvalue weighted by Crippen LogP contribution is -2.08. The minimum absolute atomic E-state index is 0. The van der Waals surface area contributed by atoms with Crippen molar-refractivity contribution in [2.45, 2.75) is 41.0 Å². The number of hydrogen-bond donors (Lipinski definition) is 0. The highest BCUT2D eigenvalue weighted by molar-refractivity contribution is 5.75. The number of hydrogen-bond acceptors (Lipinski definition) is 0. The molecule has 0 radical (unpaired) electrons. The minimum atomic E-state index is 0. The van der Waals surface area contributed by atoms with Gasteiger partial charge in [0, 0.05) is 0 Å². The van der Waals surface area contributed by atoms with E-state index in [4.69, 9.17) is 0 Å². The molecule has 0 aromatic heterocycles. The number of rotatable bonds is 1. The van der Waals surface area contributed by atoms with Crippen molar-refractivity contribution < 1.29 is 0 Å². The molecule has 0 atom stereocenters. The Labute approximate surface area is 70.2 Å². The highest BCUT2D eigenvalue weighted by atomic mass is 27.0. The van der Waals surface area contributed by atoms with Crippen molar-refractivity contribution in [3.8, 4) is 0 Å². The maximum Gasteiger partial charge on any atom is 0.187 e. The smallest absolute Gasteiger partial charge is 0.0628 e. The van der Waals surface area contributed by atoms with E-state index in [-0.39, 0.29) is 17.4 Å². The summed E-state index contributed by atoms with van der Waals surface area (Å²) >= 11 is 0. The molecular weight excluding hydrogens is 123 g/mol. The van der Waals surface area contributed by atoms with Crippen molar-refractivity contribution in [1.29, 1.82) is 0 Å². The molecule has 0 fully saturated rings. The zero-order valence-electron chi connectivity index (χ0n) is 6.78. The van der Waals surface area contributed by atoms with E-state index in [0.717, 1.165) is 5.92 Å². The second-order valence-corrected chi connectivity index (χ2v) is 4.16. The van der Waals surface area contributed by atoms with Crippen molar-refractivity contribution in [2.24, 2.45) is 11.3 Å². The molecule has 1 heteroatoms. The van der Waals surface area contributed by atoms with Crippen molar-refractivity contribution in [2.75, 3.05) is 0 Å². The van der Waals surface area contributed by atoms with E-state index in [0.29, 0.717) is 5.41 Å². The third-order valence-corrected chi connectivity index (χ3v) is 1.02. The van der Waals surface area contributed by atoms with Crippen LogP contribution in [-0.2, 0) is 0 Å². The lowest BCUT2D eigenvalue weighted by atomic mass is 9.86. The fourth-order valence-electron chi connectivity index (χ4n) is 1.22. The van der Waals surface area contributed by atoms with E-state index >= 15 is 0 Å². The summed E-state index contributed by atoms with van der Waals surface area (Å²) in [6.45, 7) is 11.4. The summed E-state index contributed by atoms with van der Waals surface area (Å²) in [5.41, 5.74) is 0.522. The van der Waals surface area contributed by atoms with Crippen LogP contribution in [0.2, 0.25) is 0 Å². The van der Waals surface area contributed by atoms with Gasteiger partial charge in [-0.05, 0) is 17.8 Å². The van der Waals surface area contributed by atoms with E-state index < -0.39 is 0 Å². The lowest BCUT2D eigenvalue weighted by Gasteiger charge is -2.19. The van der Waals surface area contributed by atoms with Crippen LogP contribution >= 0.6 is 0 Å². The monoisotopic (exact) mass is 144 g/mol. The molecule has 56 valence electrons. The second kappa shape index (κ2) is 4.36. The molecular formula is C8H21Al. The molecule has 0 aromatic rings. The maximum absolute atomic E-state index is 2.28. The Morgan fingerprint density at radius 2 is 1.44 bits per heavy atom. The zero-order valence-corrected chi connectivity index (χ0v) is 6.78. The van der Waals surface area contributed by atoms with Crippen LogP contribution in [0.1, 0.15) is 41.0 Å². The van der Waals surface area contributed by atoms with Gasteiger partial charge in [-0.15, -0.1) is 0 Å². The highest BCUT2D eigenvalue weighted by Crippen LogP contribution is 2.23. The van der Waals surface area contributed by atoms with E-state index in [1.807, 2.05) is 0 Å². The molecule has 0 saturated carbocycles. The molecule has 0 heterocycles. The van der Waals surface area contributed by atoms with E-state index in [9.17, 15) is 0 Å². The molecule has 0 aromatic carbocycles. The largest absolute Gasteiger partial charge is 0.187 e. The SMILES string of the molecule is CC(C)CC(C)(C)C.[AlH3]. The Kier molecular flexibility index (Phi) is 5.93. The Hall–Kier alpha value is 0.532. The van der Waals surface area contributed by atoms with Crippen LogP contribution in [0, 0.1) is 11.3 Å². The highest BCUT2D eigenvalue weighted by Gasteiger charge is 2.11. The van der Waals surface area contributed by atoms with E-state index in [1.165, 1.54) is 6.42 Å². The van der Waals surface area contributed by atoms with Crippen LogP contribution < -0.4 is 0 Å². The van der Waals surface area contributed by atoms with Gasteiger partial charge in [-0.1, -0.05) is 34.6 Å². The van der Waals surface area contributed by atoms with Crippen LogP contribution in [-0.4, -0.2) is 17.4 Å². The summed E-state index contributed by atoms with van der Waals surface area (Å²) in [5, 5.41) is 0. The molecule has 0 spiro atoms. The average Bonchev–Trinajstić information content (AvgIpc) is 1.21. The van der Waals surface area contributed by atoms with Crippen LogP contribution in [0.15, 0.2) is 0 Å². The first-order valence-corrected chi connectivity index (χ1v) is 3.42. The third kappa shape index (κ3) is 11.9. The first-order valence-electron chi connectivity index (χ1n) is 3.42. The molecule has 0 bridgehead atoms. The molecule has 0 unspecified atom stereocenters. The fourth-order valence-corrected chi connectivity index (χ4v) is 1.22. The molecule has 0 aliphatic carbocycles. The van der Waals surface area contributed by atoms with Crippen molar-refractivity contribution >= 4 is 17.4 Å². The van der Waals surface area contributed by atoms with Gasteiger partial charge in [-0.2, -0.15) is 0 Å². The van der Waals surface area contributed by atoms with E-state index in [2.05, 4.69) is 34.6 Å². The lowest BCUT2D eigenvalue weighted by molar-refractivity contribution is 0.320. The molecule has 9 heavy (non-hydrogen) atoms. The summed E-state index contributed by atoms with van der Waals surface area (Å²) in [4.78, 5) is 0. The standard InChI is InChI=1S/C8H18.Al.3H/c1-7(2)6-8(3,4)5;;;;/h7H,6H2,1-5H3;;;;. The molecule has 0 N–H and O–H groups in total. The summed E-state index contributed by atoms with van der Waals surface area (Å²) in [5.74, 6) is 0.843. The van der Waals surface area contributed by atoms with Gasteiger partial charge >= 0.3 is 0 Å². The molecule has 0 nitrogen and oxygen atoms in total. The first-order chi connectivity index (χ1) is 3.42. The normalized spacial score (nSPS) is 11.3. The average molecular weight is 144 g/mol. The maximum atomic E-state index is 2.28.